The van der Waals surface area contributed by atoms with Crippen molar-refractivity contribution in [2.24, 2.45) is 0 Å². The minimum absolute atomic E-state index is 0.0391. The zero-order chi connectivity index (χ0) is 19.5. The maximum Gasteiger partial charge on any atom is 0.255 e. The molecule has 0 radical (unpaired) electrons. The Morgan fingerprint density at radius 3 is 2.50 bits per heavy atom. The van der Waals surface area contributed by atoms with Gasteiger partial charge in [-0.3, -0.25) is 9.59 Å². The van der Waals surface area contributed by atoms with Crippen LogP contribution in [-0.4, -0.2) is 23.5 Å². The van der Waals surface area contributed by atoms with Crippen molar-refractivity contribution >= 4 is 29.1 Å². The first-order valence-electron chi connectivity index (χ1n) is 7.94. The van der Waals surface area contributed by atoms with Crippen LogP contribution in [0.2, 0.25) is 5.02 Å². The third kappa shape index (κ3) is 4.73. The Bertz CT molecular complexity index is 853. The number of anilines is 1. The minimum Gasteiger partial charge on any atom is -0.507 e. The molecule has 7 heteroatoms. The lowest BCUT2D eigenvalue weighted by Gasteiger charge is -2.27. The number of hydrogen-bond donors (Lipinski definition) is 3. The molecular weight excluding hydrogens is 359 g/mol. The van der Waals surface area contributed by atoms with Crippen LogP contribution in [0.1, 0.15) is 36.7 Å². The summed E-state index contributed by atoms with van der Waals surface area (Å²) >= 11 is 6.11. The number of halogens is 2. The van der Waals surface area contributed by atoms with E-state index in [-0.39, 0.29) is 28.8 Å². The zero-order valence-corrected chi connectivity index (χ0v) is 15.4. The molecule has 0 atom stereocenters. The molecule has 0 aliphatic rings. The van der Waals surface area contributed by atoms with Gasteiger partial charge in [0.2, 0.25) is 5.91 Å². The predicted molar refractivity (Wildman–Crippen MR) is 99.2 cm³/mol. The molecule has 2 aromatic carbocycles. The summed E-state index contributed by atoms with van der Waals surface area (Å²) in [5.74, 6) is -1.41. The Morgan fingerprint density at radius 1 is 1.19 bits per heavy atom. The van der Waals surface area contributed by atoms with Gasteiger partial charge in [-0.15, -0.1) is 0 Å². The second kappa shape index (κ2) is 7.74. The van der Waals surface area contributed by atoms with E-state index in [2.05, 4.69) is 10.6 Å². The molecule has 2 aromatic rings. The summed E-state index contributed by atoms with van der Waals surface area (Å²) in [5.41, 5.74) is 0.571. The monoisotopic (exact) mass is 378 g/mol. The van der Waals surface area contributed by atoms with Crippen molar-refractivity contribution in [2.45, 2.75) is 26.2 Å². The summed E-state index contributed by atoms with van der Waals surface area (Å²) in [6.45, 7) is 5.28. The van der Waals surface area contributed by atoms with Crippen LogP contribution >= 0.6 is 11.6 Å². The van der Waals surface area contributed by atoms with E-state index in [9.17, 15) is 19.1 Å². The SMILES string of the molecule is CC(=O)Nc1ccc(O)c(C(=O)NCC(C)(C)c2ccc(F)cc2Cl)c1. The van der Waals surface area contributed by atoms with Crippen molar-refractivity contribution < 1.29 is 19.1 Å². The Kier molecular flexibility index (Phi) is 5.87. The van der Waals surface area contributed by atoms with E-state index in [0.29, 0.717) is 11.3 Å². The average Bonchev–Trinajstić information content (AvgIpc) is 2.53. The van der Waals surface area contributed by atoms with Crippen LogP contribution in [0.25, 0.3) is 0 Å². The average molecular weight is 379 g/mol. The van der Waals surface area contributed by atoms with E-state index >= 15 is 0 Å². The fourth-order valence-corrected chi connectivity index (χ4v) is 2.95. The molecule has 0 saturated heterocycles. The number of phenolic OH excluding ortho intramolecular Hbond substituents is 1. The topological polar surface area (TPSA) is 78.4 Å². The first-order chi connectivity index (χ1) is 12.1. The summed E-state index contributed by atoms with van der Waals surface area (Å²) in [6.07, 6.45) is 0. The van der Waals surface area contributed by atoms with Crippen molar-refractivity contribution in [3.05, 3.63) is 58.4 Å². The summed E-state index contributed by atoms with van der Waals surface area (Å²) in [4.78, 5) is 23.6. The van der Waals surface area contributed by atoms with E-state index in [1.807, 2.05) is 13.8 Å². The van der Waals surface area contributed by atoms with Crippen LogP contribution < -0.4 is 10.6 Å². The first-order valence-corrected chi connectivity index (χ1v) is 8.32. The van der Waals surface area contributed by atoms with Crippen LogP contribution in [0, 0.1) is 5.82 Å². The predicted octanol–water partition coefficient (Wildman–Crippen LogP) is 3.85. The van der Waals surface area contributed by atoms with E-state index in [1.54, 1.807) is 6.07 Å². The molecule has 0 saturated carbocycles. The summed E-state index contributed by atoms with van der Waals surface area (Å²) in [5, 5.41) is 15.5. The number of rotatable bonds is 5. The molecule has 0 aromatic heterocycles. The van der Waals surface area contributed by atoms with Gasteiger partial charge < -0.3 is 15.7 Å². The molecule has 5 nitrogen and oxygen atoms in total. The Balaban J connectivity index is 2.16. The van der Waals surface area contributed by atoms with Gasteiger partial charge in [0.15, 0.2) is 0 Å². The third-order valence-electron chi connectivity index (χ3n) is 3.91. The Labute approximate surface area is 156 Å². The fraction of sp³-hybridized carbons (Fsp3) is 0.263. The number of amides is 2. The number of carbonyl (C=O) groups is 2. The van der Waals surface area contributed by atoms with Crippen LogP contribution in [0.15, 0.2) is 36.4 Å². The van der Waals surface area contributed by atoms with Crippen molar-refractivity contribution in [1.29, 1.82) is 0 Å². The van der Waals surface area contributed by atoms with Crippen LogP contribution in [-0.2, 0) is 10.2 Å². The van der Waals surface area contributed by atoms with Crippen molar-refractivity contribution in [2.75, 3.05) is 11.9 Å². The largest absolute Gasteiger partial charge is 0.507 e. The zero-order valence-electron chi connectivity index (χ0n) is 14.7. The number of carbonyl (C=O) groups excluding carboxylic acids is 2. The van der Waals surface area contributed by atoms with Gasteiger partial charge >= 0.3 is 0 Å². The molecular formula is C19H20ClFN2O3. The van der Waals surface area contributed by atoms with Gasteiger partial charge in [0.05, 0.1) is 5.56 Å². The lowest BCUT2D eigenvalue weighted by molar-refractivity contribution is -0.114. The van der Waals surface area contributed by atoms with Gasteiger partial charge in [0.25, 0.3) is 5.91 Å². The van der Waals surface area contributed by atoms with Crippen molar-refractivity contribution in [3.8, 4) is 5.75 Å². The Hall–Kier alpha value is -2.60. The number of aromatic hydroxyl groups is 1. The molecule has 3 N–H and O–H groups in total. The third-order valence-corrected chi connectivity index (χ3v) is 4.23. The van der Waals surface area contributed by atoms with Gasteiger partial charge in [-0.2, -0.15) is 0 Å². The van der Waals surface area contributed by atoms with E-state index in [1.165, 1.54) is 37.3 Å². The number of benzene rings is 2. The molecule has 0 spiro atoms. The van der Waals surface area contributed by atoms with Crippen LogP contribution in [0.5, 0.6) is 5.75 Å². The molecule has 0 bridgehead atoms. The Morgan fingerprint density at radius 2 is 1.88 bits per heavy atom. The molecule has 0 fully saturated rings. The summed E-state index contributed by atoms with van der Waals surface area (Å²) in [7, 11) is 0. The van der Waals surface area contributed by atoms with Crippen LogP contribution in [0.3, 0.4) is 0 Å². The molecule has 0 heterocycles. The van der Waals surface area contributed by atoms with Crippen molar-refractivity contribution in [1.82, 2.24) is 5.32 Å². The van der Waals surface area contributed by atoms with E-state index in [4.69, 9.17) is 11.6 Å². The smallest absolute Gasteiger partial charge is 0.255 e. The number of nitrogens with one attached hydrogen (secondary N) is 2. The number of hydrogen-bond acceptors (Lipinski definition) is 3. The molecule has 0 aliphatic heterocycles. The number of phenols is 1. The van der Waals surface area contributed by atoms with Gasteiger partial charge in [0, 0.05) is 29.6 Å². The molecule has 138 valence electrons. The second-order valence-electron chi connectivity index (χ2n) is 6.60. The maximum absolute atomic E-state index is 13.2. The molecule has 0 unspecified atom stereocenters. The van der Waals surface area contributed by atoms with Gasteiger partial charge in [-0.05, 0) is 35.9 Å². The quantitative estimate of drug-likeness (QED) is 0.691. The van der Waals surface area contributed by atoms with E-state index in [0.717, 1.165) is 0 Å². The summed E-state index contributed by atoms with van der Waals surface area (Å²) < 4.78 is 13.2. The highest BCUT2D eigenvalue weighted by Gasteiger charge is 2.25. The fourth-order valence-electron chi connectivity index (χ4n) is 2.53. The van der Waals surface area contributed by atoms with Crippen LogP contribution in [0.4, 0.5) is 10.1 Å². The minimum atomic E-state index is -0.564. The molecule has 0 aliphatic carbocycles. The lowest BCUT2D eigenvalue weighted by atomic mass is 9.84. The van der Waals surface area contributed by atoms with Gasteiger partial charge in [-0.25, -0.2) is 4.39 Å². The highest BCUT2D eigenvalue weighted by atomic mass is 35.5. The lowest BCUT2D eigenvalue weighted by Crippen LogP contribution is -2.37. The highest BCUT2D eigenvalue weighted by Crippen LogP contribution is 2.30. The first kappa shape index (κ1) is 19.7. The van der Waals surface area contributed by atoms with E-state index < -0.39 is 17.1 Å². The molecule has 26 heavy (non-hydrogen) atoms. The highest BCUT2D eigenvalue weighted by molar-refractivity contribution is 6.31. The van der Waals surface area contributed by atoms with Gasteiger partial charge in [-0.1, -0.05) is 31.5 Å². The van der Waals surface area contributed by atoms with Crippen molar-refractivity contribution in [3.63, 3.8) is 0 Å². The summed E-state index contributed by atoms with van der Waals surface area (Å²) in [6, 6.07) is 8.34. The van der Waals surface area contributed by atoms with Gasteiger partial charge in [0.1, 0.15) is 11.6 Å². The maximum atomic E-state index is 13.2. The normalized spacial score (nSPS) is 11.1. The molecule has 2 amide bonds. The standard InChI is InChI=1S/C19H20ClFN2O3/c1-11(24)23-13-5-7-17(25)14(9-13)18(26)22-10-19(2,3)15-6-4-12(21)8-16(15)20/h4-9,25H,10H2,1-3H3,(H,22,26)(H,23,24). The molecule has 2 rings (SSSR count). The second-order valence-corrected chi connectivity index (χ2v) is 7.01.